The highest BCUT2D eigenvalue weighted by Gasteiger charge is 2.30. The van der Waals surface area contributed by atoms with Gasteiger partial charge in [0.15, 0.2) is 5.96 Å². The van der Waals surface area contributed by atoms with Crippen molar-refractivity contribution in [1.82, 2.24) is 24.9 Å². The number of hydrogen-bond donors (Lipinski definition) is 1. The Morgan fingerprint density at radius 2 is 1.79 bits per heavy atom. The molecule has 0 bridgehead atoms. The van der Waals surface area contributed by atoms with Gasteiger partial charge in [0, 0.05) is 45.8 Å². The number of nitrogens with one attached hydrogen (secondary N) is 1. The number of halogens is 2. The summed E-state index contributed by atoms with van der Waals surface area (Å²) in [6.45, 7) is 10.6. The molecule has 0 aliphatic carbocycles. The molecule has 1 N–H and O–H groups in total. The molecule has 1 amide bonds. The summed E-state index contributed by atoms with van der Waals surface area (Å²) in [7, 11) is 3.99. The number of benzene rings is 1. The third kappa shape index (κ3) is 7.51. The van der Waals surface area contributed by atoms with E-state index < -0.39 is 0 Å². The van der Waals surface area contributed by atoms with Gasteiger partial charge in [0.05, 0.1) is 18.6 Å². The van der Waals surface area contributed by atoms with E-state index in [1.165, 1.54) is 6.07 Å². The first-order valence-corrected chi connectivity index (χ1v) is 11.9. The van der Waals surface area contributed by atoms with Crippen molar-refractivity contribution in [3.05, 3.63) is 35.6 Å². The van der Waals surface area contributed by atoms with Crippen molar-refractivity contribution >= 4 is 35.8 Å². The van der Waals surface area contributed by atoms with Gasteiger partial charge in [-0.05, 0) is 58.5 Å². The summed E-state index contributed by atoms with van der Waals surface area (Å²) in [6.07, 6.45) is 2.25. The molecule has 0 spiro atoms. The highest BCUT2D eigenvalue weighted by atomic mass is 127. The van der Waals surface area contributed by atoms with Crippen LogP contribution in [-0.2, 0) is 4.79 Å². The molecule has 1 aromatic carbocycles. The van der Waals surface area contributed by atoms with Crippen LogP contribution < -0.4 is 5.32 Å². The second kappa shape index (κ2) is 13.4. The van der Waals surface area contributed by atoms with Gasteiger partial charge >= 0.3 is 0 Å². The van der Waals surface area contributed by atoms with Gasteiger partial charge in [-0.25, -0.2) is 4.39 Å². The quantitative estimate of drug-likeness (QED) is 0.309. The molecule has 186 valence electrons. The fraction of sp³-hybridized carbons (Fsp3) is 0.667. The standard InChI is InChI=1S/C24H39FN6O.HI/c1-5-26-24(27-18-22(28(3)4)20-9-8-10-21(25)17-20)31-15-13-29(14-16-31)19(2)23(32)30-11-6-7-12-30;/h8-10,17,19,22H,5-7,11-16,18H2,1-4H3,(H,26,27);1H. The molecule has 0 radical (unpaired) electrons. The molecule has 2 atom stereocenters. The maximum absolute atomic E-state index is 13.8. The van der Waals surface area contributed by atoms with Crippen molar-refractivity contribution in [2.75, 3.05) is 66.5 Å². The minimum Gasteiger partial charge on any atom is -0.357 e. The number of carbonyl (C=O) groups is 1. The van der Waals surface area contributed by atoms with Gasteiger partial charge < -0.3 is 20.0 Å². The lowest BCUT2D eigenvalue weighted by Crippen LogP contribution is -2.57. The van der Waals surface area contributed by atoms with Crippen LogP contribution in [0.4, 0.5) is 4.39 Å². The molecule has 2 aliphatic heterocycles. The Morgan fingerprint density at radius 3 is 2.36 bits per heavy atom. The first-order chi connectivity index (χ1) is 15.4. The summed E-state index contributed by atoms with van der Waals surface area (Å²) in [5.41, 5.74) is 0.925. The van der Waals surface area contributed by atoms with Gasteiger partial charge in [0.1, 0.15) is 5.82 Å². The van der Waals surface area contributed by atoms with Crippen molar-refractivity contribution in [3.8, 4) is 0 Å². The molecule has 2 heterocycles. The van der Waals surface area contributed by atoms with Crippen LogP contribution in [0.25, 0.3) is 0 Å². The Bertz CT molecular complexity index is 778. The topological polar surface area (TPSA) is 54.4 Å². The van der Waals surface area contributed by atoms with E-state index in [1.807, 2.05) is 32.0 Å². The molecule has 0 saturated carbocycles. The third-order valence-electron chi connectivity index (χ3n) is 6.54. The number of rotatable bonds is 7. The highest BCUT2D eigenvalue weighted by molar-refractivity contribution is 14.0. The van der Waals surface area contributed by atoms with Gasteiger partial charge in [-0.3, -0.25) is 14.7 Å². The van der Waals surface area contributed by atoms with Crippen LogP contribution in [-0.4, -0.2) is 104 Å². The van der Waals surface area contributed by atoms with E-state index in [0.29, 0.717) is 6.54 Å². The summed E-state index contributed by atoms with van der Waals surface area (Å²) >= 11 is 0. The molecular weight excluding hydrogens is 534 g/mol. The molecule has 2 fully saturated rings. The average Bonchev–Trinajstić information content (AvgIpc) is 3.32. The molecule has 2 saturated heterocycles. The molecule has 1 aromatic rings. The van der Waals surface area contributed by atoms with Crippen molar-refractivity contribution < 1.29 is 9.18 Å². The van der Waals surface area contributed by atoms with E-state index >= 15 is 0 Å². The zero-order valence-electron chi connectivity index (χ0n) is 20.5. The van der Waals surface area contributed by atoms with Crippen molar-refractivity contribution in [1.29, 1.82) is 0 Å². The number of guanidine groups is 1. The SMILES string of the molecule is CCNC(=NCC(c1cccc(F)c1)N(C)C)N1CCN(C(C)C(=O)N2CCCC2)CC1.I. The Morgan fingerprint density at radius 1 is 1.12 bits per heavy atom. The van der Waals surface area contributed by atoms with Crippen LogP contribution >= 0.6 is 24.0 Å². The number of amides is 1. The lowest BCUT2D eigenvalue weighted by Gasteiger charge is -2.39. The van der Waals surface area contributed by atoms with Crippen molar-refractivity contribution in [2.45, 2.75) is 38.8 Å². The normalized spacial score (nSPS) is 19.4. The van der Waals surface area contributed by atoms with Gasteiger partial charge in [0.2, 0.25) is 5.91 Å². The minimum absolute atomic E-state index is 0. The summed E-state index contributed by atoms with van der Waals surface area (Å²) in [6, 6.07) is 6.69. The lowest BCUT2D eigenvalue weighted by atomic mass is 10.1. The largest absolute Gasteiger partial charge is 0.357 e. The molecular formula is C24H40FIN6O. The molecule has 3 rings (SSSR count). The molecule has 0 aromatic heterocycles. The maximum Gasteiger partial charge on any atom is 0.239 e. The molecule has 9 heteroatoms. The Balaban J connectivity index is 0.00000385. The van der Waals surface area contributed by atoms with E-state index in [9.17, 15) is 9.18 Å². The van der Waals surface area contributed by atoms with E-state index in [1.54, 1.807) is 12.1 Å². The van der Waals surface area contributed by atoms with Crippen LogP contribution in [0.2, 0.25) is 0 Å². The van der Waals surface area contributed by atoms with Crippen LogP contribution in [0.3, 0.4) is 0 Å². The number of piperazine rings is 1. The summed E-state index contributed by atoms with van der Waals surface area (Å²) in [4.78, 5) is 26.3. The van der Waals surface area contributed by atoms with Crippen LogP contribution in [0, 0.1) is 5.82 Å². The lowest BCUT2D eigenvalue weighted by molar-refractivity contribution is -0.135. The van der Waals surface area contributed by atoms with Crippen molar-refractivity contribution in [3.63, 3.8) is 0 Å². The van der Waals surface area contributed by atoms with E-state index in [4.69, 9.17) is 4.99 Å². The first-order valence-electron chi connectivity index (χ1n) is 11.9. The second-order valence-corrected chi connectivity index (χ2v) is 8.96. The van der Waals surface area contributed by atoms with Gasteiger partial charge in [-0.2, -0.15) is 0 Å². The number of carbonyl (C=O) groups excluding carboxylic acids is 1. The van der Waals surface area contributed by atoms with Crippen LogP contribution in [0.5, 0.6) is 0 Å². The van der Waals surface area contributed by atoms with Gasteiger partial charge in [0.25, 0.3) is 0 Å². The predicted octanol–water partition coefficient (Wildman–Crippen LogP) is 2.64. The zero-order chi connectivity index (χ0) is 23.1. The Labute approximate surface area is 215 Å². The zero-order valence-corrected chi connectivity index (χ0v) is 22.8. The number of likely N-dealkylation sites (tertiary alicyclic amines) is 1. The fourth-order valence-electron chi connectivity index (χ4n) is 4.56. The molecule has 7 nitrogen and oxygen atoms in total. The third-order valence-corrected chi connectivity index (χ3v) is 6.54. The van der Waals surface area contributed by atoms with Gasteiger partial charge in [-0.15, -0.1) is 24.0 Å². The van der Waals surface area contributed by atoms with Crippen LogP contribution in [0.15, 0.2) is 29.3 Å². The first kappa shape index (κ1) is 27.8. The summed E-state index contributed by atoms with van der Waals surface area (Å²) in [5, 5.41) is 3.41. The van der Waals surface area contributed by atoms with Gasteiger partial charge in [-0.1, -0.05) is 12.1 Å². The smallest absolute Gasteiger partial charge is 0.239 e. The highest BCUT2D eigenvalue weighted by Crippen LogP contribution is 2.20. The second-order valence-electron chi connectivity index (χ2n) is 8.96. The molecule has 33 heavy (non-hydrogen) atoms. The molecule has 2 unspecified atom stereocenters. The van der Waals surface area contributed by atoms with Crippen LogP contribution in [0.1, 0.15) is 38.3 Å². The summed E-state index contributed by atoms with van der Waals surface area (Å²) < 4.78 is 13.8. The minimum atomic E-state index is -0.223. The maximum atomic E-state index is 13.8. The fourth-order valence-corrected chi connectivity index (χ4v) is 4.56. The molecule has 2 aliphatic rings. The van der Waals surface area contributed by atoms with Crippen molar-refractivity contribution in [2.24, 2.45) is 4.99 Å². The van der Waals surface area contributed by atoms with E-state index in [0.717, 1.165) is 70.2 Å². The predicted molar refractivity (Wildman–Crippen MR) is 143 cm³/mol. The average molecular weight is 575 g/mol. The Kier molecular flexibility index (Phi) is 11.3. The Hall–Kier alpha value is -1.46. The summed E-state index contributed by atoms with van der Waals surface area (Å²) in [5.74, 6) is 0.924. The number of aliphatic imine (C=N–C) groups is 1. The number of nitrogens with zero attached hydrogens (tertiary/aromatic N) is 5. The van der Waals surface area contributed by atoms with E-state index in [-0.39, 0.29) is 47.8 Å². The van der Waals surface area contributed by atoms with E-state index in [2.05, 4.69) is 26.9 Å². The number of hydrogen-bond acceptors (Lipinski definition) is 4. The monoisotopic (exact) mass is 574 g/mol. The number of likely N-dealkylation sites (N-methyl/N-ethyl adjacent to an activating group) is 1.